The molecule has 0 aliphatic heterocycles. The predicted octanol–water partition coefficient (Wildman–Crippen LogP) is 4.08. The summed E-state index contributed by atoms with van der Waals surface area (Å²) in [6.45, 7) is 2.00. The van der Waals surface area contributed by atoms with E-state index < -0.39 is 6.10 Å². The van der Waals surface area contributed by atoms with Crippen molar-refractivity contribution in [3.05, 3.63) is 64.1 Å². The molecule has 0 spiro atoms. The van der Waals surface area contributed by atoms with E-state index in [2.05, 4.69) is 21.2 Å². The van der Waals surface area contributed by atoms with Crippen LogP contribution in [0.1, 0.15) is 17.2 Å². The van der Waals surface area contributed by atoms with Gasteiger partial charge in [0.1, 0.15) is 0 Å². The number of carbonyl (C=O) groups is 1. The van der Waals surface area contributed by atoms with Crippen LogP contribution in [0.15, 0.2) is 53.0 Å². The Bertz CT molecular complexity index is 599. The SMILES string of the molecule is COC(C(=O)Nc1ccc(C)cc1Br)c1ccccc1. The summed E-state index contributed by atoms with van der Waals surface area (Å²) in [6, 6.07) is 15.2. The largest absolute Gasteiger partial charge is 0.367 e. The van der Waals surface area contributed by atoms with Gasteiger partial charge >= 0.3 is 0 Å². The summed E-state index contributed by atoms with van der Waals surface area (Å²) in [6.07, 6.45) is -0.621. The molecule has 2 aromatic carbocycles. The number of anilines is 1. The molecule has 2 aromatic rings. The first-order valence-electron chi connectivity index (χ1n) is 6.26. The minimum atomic E-state index is -0.621. The molecule has 104 valence electrons. The number of amides is 1. The summed E-state index contributed by atoms with van der Waals surface area (Å²) >= 11 is 3.45. The fourth-order valence-corrected chi connectivity index (χ4v) is 2.53. The van der Waals surface area contributed by atoms with E-state index in [4.69, 9.17) is 4.74 Å². The van der Waals surface area contributed by atoms with Crippen LogP contribution < -0.4 is 5.32 Å². The van der Waals surface area contributed by atoms with Crippen LogP contribution in [0.2, 0.25) is 0 Å². The summed E-state index contributed by atoms with van der Waals surface area (Å²) in [4.78, 5) is 12.3. The number of methoxy groups -OCH3 is 1. The highest BCUT2D eigenvalue weighted by atomic mass is 79.9. The normalized spacial score (nSPS) is 11.9. The molecular weight excluding hydrogens is 318 g/mol. The molecule has 0 heterocycles. The number of aryl methyl sites for hydroxylation is 1. The maximum absolute atomic E-state index is 12.3. The minimum Gasteiger partial charge on any atom is -0.367 e. The van der Waals surface area contributed by atoms with E-state index >= 15 is 0 Å². The number of halogens is 1. The van der Waals surface area contributed by atoms with E-state index in [1.807, 2.05) is 55.5 Å². The van der Waals surface area contributed by atoms with Gasteiger partial charge in [0.25, 0.3) is 5.91 Å². The highest BCUT2D eigenvalue weighted by Gasteiger charge is 2.20. The molecule has 1 unspecified atom stereocenters. The first-order chi connectivity index (χ1) is 9.61. The molecule has 0 aliphatic carbocycles. The van der Waals surface area contributed by atoms with Crippen molar-refractivity contribution < 1.29 is 9.53 Å². The van der Waals surface area contributed by atoms with Crippen LogP contribution in [0.25, 0.3) is 0 Å². The maximum atomic E-state index is 12.3. The van der Waals surface area contributed by atoms with E-state index in [0.717, 1.165) is 21.3 Å². The number of hydrogen-bond donors (Lipinski definition) is 1. The van der Waals surface area contributed by atoms with Crippen LogP contribution in [0.3, 0.4) is 0 Å². The molecule has 1 N–H and O–H groups in total. The van der Waals surface area contributed by atoms with Gasteiger partial charge in [-0.3, -0.25) is 4.79 Å². The van der Waals surface area contributed by atoms with E-state index in [1.165, 1.54) is 7.11 Å². The number of benzene rings is 2. The lowest BCUT2D eigenvalue weighted by Gasteiger charge is -2.16. The van der Waals surface area contributed by atoms with Crippen molar-refractivity contribution in [1.29, 1.82) is 0 Å². The van der Waals surface area contributed by atoms with Crippen LogP contribution in [0, 0.1) is 6.92 Å². The second-order valence-electron chi connectivity index (χ2n) is 4.50. The second kappa shape index (κ2) is 6.68. The molecule has 1 amide bonds. The molecule has 20 heavy (non-hydrogen) atoms. The minimum absolute atomic E-state index is 0.191. The van der Waals surface area contributed by atoms with E-state index in [1.54, 1.807) is 0 Å². The van der Waals surface area contributed by atoms with Crippen molar-refractivity contribution in [3.63, 3.8) is 0 Å². The second-order valence-corrected chi connectivity index (χ2v) is 5.35. The lowest BCUT2D eigenvalue weighted by Crippen LogP contribution is -2.22. The number of carbonyl (C=O) groups excluding carboxylic acids is 1. The van der Waals surface area contributed by atoms with Gasteiger partial charge in [-0.1, -0.05) is 36.4 Å². The van der Waals surface area contributed by atoms with Gasteiger partial charge in [-0.15, -0.1) is 0 Å². The Kier molecular flexibility index (Phi) is 4.93. The monoisotopic (exact) mass is 333 g/mol. The highest BCUT2D eigenvalue weighted by Crippen LogP contribution is 2.25. The lowest BCUT2D eigenvalue weighted by atomic mass is 10.1. The standard InChI is InChI=1S/C16H16BrNO2/c1-11-8-9-14(13(17)10-11)18-16(19)15(20-2)12-6-4-3-5-7-12/h3-10,15H,1-2H3,(H,18,19). The van der Waals surface area contributed by atoms with Crippen molar-refractivity contribution in [2.45, 2.75) is 13.0 Å². The molecule has 0 saturated carbocycles. The molecule has 1 atom stereocenters. The molecular formula is C16H16BrNO2. The number of nitrogens with one attached hydrogen (secondary N) is 1. The topological polar surface area (TPSA) is 38.3 Å². The van der Waals surface area contributed by atoms with Gasteiger partial charge in [-0.2, -0.15) is 0 Å². The van der Waals surface area contributed by atoms with Gasteiger partial charge in [0.15, 0.2) is 6.10 Å². The quantitative estimate of drug-likeness (QED) is 0.915. The first-order valence-corrected chi connectivity index (χ1v) is 7.06. The van der Waals surface area contributed by atoms with Gasteiger partial charge in [-0.05, 0) is 46.1 Å². The Hall–Kier alpha value is -1.65. The number of ether oxygens (including phenoxy) is 1. The van der Waals surface area contributed by atoms with Gasteiger partial charge in [-0.25, -0.2) is 0 Å². The highest BCUT2D eigenvalue weighted by molar-refractivity contribution is 9.10. The predicted molar refractivity (Wildman–Crippen MR) is 83.7 cm³/mol. The summed E-state index contributed by atoms with van der Waals surface area (Å²) in [7, 11) is 1.53. The van der Waals surface area contributed by atoms with Gasteiger partial charge in [0, 0.05) is 11.6 Å². The molecule has 0 aliphatic rings. The van der Waals surface area contributed by atoms with E-state index in [-0.39, 0.29) is 5.91 Å². The average molecular weight is 334 g/mol. The Morgan fingerprint density at radius 3 is 2.50 bits per heavy atom. The van der Waals surface area contributed by atoms with Crippen molar-refractivity contribution in [2.24, 2.45) is 0 Å². The molecule has 0 radical (unpaired) electrons. The zero-order chi connectivity index (χ0) is 14.5. The smallest absolute Gasteiger partial charge is 0.258 e. The third kappa shape index (κ3) is 3.46. The average Bonchev–Trinajstić information content (AvgIpc) is 2.44. The van der Waals surface area contributed by atoms with Gasteiger partial charge < -0.3 is 10.1 Å². The van der Waals surface area contributed by atoms with Crippen molar-refractivity contribution in [2.75, 3.05) is 12.4 Å². The van der Waals surface area contributed by atoms with E-state index in [9.17, 15) is 4.79 Å². The molecule has 2 rings (SSSR count). The Morgan fingerprint density at radius 1 is 1.20 bits per heavy atom. The third-order valence-corrected chi connectivity index (χ3v) is 3.61. The number of hydrogen-bond acceptors (Lipinski definition) is 2. The van der Waals surface area contributed by atoms with Crippen LogP contribution in [0.5, 0.6) is 0 Å². The van der Waals surface area contributed by atoms with Crippen molar-refractivity contribution in [3.8, 4) is 0 Å². The zero-order valence-electron chi connectivity index (χ0n) is 11.4. The molecule has 0 bridgehead atoms. The molecule has 0 fully saturated rings. The van der Waals surface area contributed by atoms with Crippen LogP contribution in [-0.4, -0.2) is 13.0 Å². The molecule has 3 nitrogen and oxygen atoms in total. The fraction of sp³-hybridized carbons (Fsp3) is 0.188. The lowest BCUT2D eigenvalue weighted by molar-refractivity contribution is -0.126. The van der Waals surface area contributed by atoms with Crippen molar-refractivity contribution in [1.82, 2.24) is 0 Å². The van der Waals surface area contributed by atoms with E-state index in [0.29, 0.717) is 0 Å². The van der Waals surface area contributed by atoms with Crippen LogP contribution >= 0.6 is 15.9 Å². The summed E-state index contributed by atoms with van der Waals surface area (Å²) in [5, 5.41) is 2.88. The van der Waals surface area contributed by atoms with Gasteiger partial charge in [0.05, 0.1) is 5.69 Å². The number of rotatable bonds is 4. The zero-order valence-corrected chi connectivity index (χ0v) is 13.0. The molecule has 4 heteroatoms. The third-order valence-electron chi connectivity index (χ3n) is 2.96. The molecule has 0 saturated heterocycles. The summed E-state index contributed by atoms with van der Waals surface area (Å²) in [5.41, 5.74) is 2.69. The Morgan fingerprint density at radius 2 is 1.90 bits per heavy atom. The van der Waals surface area contributed by atoms with Gasteiger partial charge in [0.2, 0.25) is 0 Å². The summed E-state index contributed by atoms with van der Waals surface area (Å²) in [5.74, 6) is -0.191. The Labute approximate surface area is 127 Å². The fourth-order valence-electron chi connectivity index (χ4n) is 1.94. The van der Waals surface area contributed by atoms with Crippen LogP contribution in [-0.2, 0) is 9.53 Å². The van der Waals surface area contributed by atoms with Crippen LogP contribution in [0.4, 0.5) is 5.69 Å². The first kappa shape index (κ1) is 14.8. The summed E-state index contributed by atoms with van der Waals surface area (Å²) < 4.78 is 6.16. The Balaban J connectivity index is 2.18. The molecule has 0 aromatic heterocycles. The maximum Gasteiger partial charge on any atom is 0.258 e. The van der Waals surface area contributed by atoms with Crippen molar-refractivity contribution >= 4 is 27.5 Å².